The summed E-state index contributed by atoms with van der Waals surface area (Å²) in [7, 11) is 0. The first-order valence-electron chi connectivity index (χ1n) is 27.4. The Labute approximate surface area is 442 Å². The topological polar surface area (TPSA) is 374 Å². The molecule has 28 atom stereocenters. The minimum Gasteiger partial charge on any atom is -0.432 e. The summed E-state index contributed by atoms with van der Waals surface area (Å²) in [5, 5.41) is 148. The van der Waals surface area contributed by atoms with Crippen LogP contribution in [0.4, 0.5) is 0 Å². The average molecular weight is 1090 g/mol. The molecule has 4 saturated carbocycles. The lowest BCUT2D eigenvalue weighted by molar-refractivity contribution is -0.352. The molecule has 0 radical (unpaired) electrons. The zero-order valence-electron chi connectivity index (χ0n) is 44.4. The van der Waals surface area contributed by atoms with E-state index in [1.54, 1.807) is 0 Å². The van der Waals surface area contributed by atoms with Crippen LogP contribution in [0, 0.1) is 50.2 Å². The highest BCUT2D eigenvalue weighted by Crippen LogP contribution is 2.76. The predicted octanol–water partition coefficient (Wildman–Crippen LogP) is -2.42. The van der Waals surface area contributed by atoms with Crippen molar-refractivity contribution in [2.75, 3.05) is 33.0 Å². The SMILES string of the molecule is CC1(C)CC[C@]2(C(=O)O[C@@H]3O[C@H](CO[C@@H]4O[C@H](CO)[C@@H](O)[C@H](O)[C@H]4O)[C@@H](O)[C@H](O)[C@H]3O)CC[C@]3(C)C(=CC[C@@H]4[C@@]5(C)CC[C@H](O[C@@H]6OC[C@H](O[C@@H]7O[C@H](CO)[C@@H](O)[C@H](O)[C@H]7O)[C@H](O)[C@H]6O)[C@@](C)(CO)[C@@H]5CC[C@]43C)[C@H]2C1. The number of hydrogen-bond acceptors (Lipinski definition) is 23. The Balaban J connectivity index is 0.897. The third-order valence-electron chi connectivity index (χ3n) is 21.2. The number of ether oxygens (including phenoxy) is 8. The second-order valence-electron chi connectivity index (χ2n) is 25.7. The van der Waals surface area contributed by atoms with Gasteiger partial charge in [0, 0.05) is 5.41 Å². The number of carbonyl (C=O) groups is 1. The fourth-order valence-electron chi connectivity index (χ4n) is 16.1. The fourth-order valence-corrected chi connectivity index (χ4v) is 16.1. The van der Waals surface area contributed by atoms with Crippen LogP contribution in [-0.2, 0) is 42.7 Å². The van der Waals surface area contributed by atoms with Gasteiger partial charge in [-0.3, -0.25) is 4.79 Å². The summed E-state index contributed by atoms with van der Waals surface area (Å²) >= 11 is 0. The zero-order valence-corrected chi connectivity index (χ0v) is 44.4. The van der Waals surface area contributed by atoms with Gasteiger partial charge in [-0.25, -0.2) is 0 Å². The van der Waals surface area contributed by atoms with Gasteiger partial charge in [-0.1, -0.05) is 53.2 Å². The van der Waals surface area contributed by atoms with E-state index in [4.69, 9.17) is 37.9 Å². The standard InChI is InChI=1S/C53H86O23/c1-48(2)13-15-53(47(68)76-46-42(67)38(63)34(59)27(74-46)20-69-43-40(65)36(61)32(57)25(18-54)71-43)16-14-51(5)23(24(53)17-48)7-8-30-49(3)11-10-31(50(4,22-56)29(49)9-12-52(30,51)6)75-44-39(64)35(60)28(21-70-44)73-45-41(66)37(62)33(58)26(19-55)72-45/h7,24-46,54-67H,8-22H2,1-6H3/t24-,25-,26-,27-,28+,29-,30-,31+,32-,33-,34-,35+,36+,37+,38+,39-,40-,41-,42-,43-,44+,45+,46+,49+,50+,51-,52-,53+/m1/s1. The van der Waals surface area contributed by atoms with Crippen LogP contribution >= 0.6 is 0 Å². The van der Waals surface area contributed by atoms with Crippen LogP contribution in [-0.4, -0.2) is 233 Å². The first kappa shape index (κ1) is 59.0. The number of hydrogen-bond donors (Lipinski definition) is 14. The number of esters is 1. The maximum atomic E-state index is 15.0. The molecule has 0 spiro atoms. The summed E-state index contributed by atoms with van der Waals surface area (Å²) in [5.74, 6) is -0.732. The molecule has 0 aromatic rings. The quantitative estimate of drug-likeness (QED) is 0.0549. The van der Waals surface area contributed by atoms with Crippen molar-refractivity contribution in [3.05, 3.63) is 11.6 Å². The van der Waals surface area contributed by atoms with Gasteiger partial charge in [-0.05, 0) is 104 Å². The monoisotopic (exact) mass is 1090 g/mol. The molecular weight excluding hydrogens is 1000 g/mol. The predicted molar refractivity (Wildman–Crippen MR) is 258 cm³/mol. The molecule has 23 heteroatoms. The van der Waals surface area contributed by atoms with Crippen LogP contribution in [0.5, 0.6) is 0 Å². The smallest absolute Gasteiger partial charge is 0.315 e. The number of allylic oxidation sites excluding steroid dienone is 2. The van der Waals surface area contributed by atoms with Crippen molar-refractivity contribution in [1.82, 2.24) is 0 Å². The van der Waals surface area contributed by atoms with Gasteiger partial charge in [-0.2, -0.15) is 0 Å². The number of carbonyl (C=O) groups excluding carboxylic acids is 1. The molecule has 0 unspecified atom stereocenters. The summed E-state index contributed by atoms with van der Waals surface area (Å²) in [6.45, 7) is 11.0. The summed E-state index contributed by atoms with van der Waals surface area (Å²) in [6, 6.07) is 0. The molecular formula is C53H86O23. The van der Waals surface area contributed by atoms with Gasteiger partial charge in [-0.15, -0.1) is 0 Å². The van der Waals surface area contributed by atoms with Crippen molar-refractivity contribution in [2.45, 2.75) is 229 Å². The molecule has 436 valence electrons. The molecule has 5 aliphatic carbocycles. The van der Waals surface area contributed by atoms with E-state index in [9.17, 15) is 71.5 Å². The Bertz CT molecular complexity index is 2080. The lowest BCUT2D eigenvalue weighted by Crippen LogP contribution is -2.67. The number of aliphatic hydroxyl groups excluding tert-OH is 14. The highest BCUT2D eigenvalue weighted by atomic mass is 16.8. The molecule has 4 heterocycles. The lowest BCUT2D eigenvalue weighted by Gasteiger charge is -2.71. The van der Waals surface area contributed by atoms with Gasteiger partial charge in [0.25, 0.3) is 0 Å². The molecule has 4 saturated heterocycles. The summed E-state index contributed by atoms with van der Waals surface area (Å²) in [5.41, 5.74) is -1.70. The fraction of sp³-hybridized carbons (Fsp3) is 0.943. The number of aliphatic hydroxyl groups is 14. The highest BCUT2D eigenvalue weighted by Gasteiger charge is 2.71. The van der Waals surface area contributed by atoms with Crippen molar-refractivity contribution in [3.63, 3.8) is 0 Å². The van der Waals surface area contributed by atoms with Crippen LogP contribution in [0.15, 0.2) is 11.6 Å². The van der Waals surface area contributed by atoms with Crippen LogP contribution in [0.1, 0.15) is 106 Å². The average Bonchev–Trinajstić information content (AvgIpc) is 3.56. The van der Waals surface area contributed by atoms with E-state index in [1.165, 1.54) is 5.57 Å². The Morgan fingerprint density at radius 3 is 1.79 bits per heavy atom. The van der Waals surface area contributed by atoms with Crippen molar-refractivity contribution in [2.24, 2.45) is 50.2 Å². The van der Waals surface area contributed by atoms with E-state index in [0.29, 0.717) is 44.9 Å². The molecule has 0 bridgehead atoms. The molecule has 9 aliphatic rings. The van der Waals surface area contributed by atoms with E-state index in [2.05, 4.69) is 40.7 Å². The van der Waals surface area contributed by atoms with E-state index < -0.39 is 159 Å². The summed E-state index contributed by atoms with van der Waals surface area (Å²) in [6.07, 6.45) is -21.9. The van der Waals surface area contributed by atoms with Gasteiger partial charge in [0.1, 0.15) is 91.6 Å². The second kappa shape index (κ2) is 21.6. The Kier molecular flexibility index (Phi) is 16.8. The minimum absolute atomic E-state index is 0.0400. The van der Waals surface area contributed by atoms with Gasteiger partial charge in [0.05, 0.1) is 44.6 Å². The molecule has 0 aromatic carbocycles. The van der Waals surface area contributed by atoms with Gasteiger partial charge >= 0.3 is 5.97 Å². The van der Waals surface area contributed by atoms with Gasteiger partial charge in [0.2, 0.25) is 6.29 Å². The number of rotatable bonds is 12. The van der Waals surface area contributed by atoms with E-state index in [-0.39, 0.29) is 52.6 Å². The Morgan fingerprint density at radius 1 is 0.592 bits per heavy atom. The first-order chi connectivity index (χ1) is 35.7. The Hall–Kier alpha value is -1.63. The molecule has 14 N–H and O–H groups in total. The Morgan fingerprint density at radius 2 is 1.16 bits per heavy atom. The zero-order chi connectivity index (χ0) is 55.4. The van der Waals surface area contributed by atoms with E-state index >= 15 is 4.79 Å². The summed E-state index contributed by atoms with van der Waals surface area (Å²) < 4.78 is 46.8. The third kappa shape index (κ3) is 9.56. The molecule has 0 aromatic heterocycles. The molecule has 9 rings (SSSR count). The van der Waals surface area contributed by atoms with Crippen molar-refractivity contribution >= 4 is 5.97 Å². The van der Waals surface area contributed by atoms with Crippen LogP contribution in [0.25, 0.3) is 0 Å². The first-order valence-corrected chi connectivity index (χ1v) is 27.4. The molecule has 4 aliphatic heterocycles. The second-order valence-corrected chi connectivity index (χ2v) is 25.7. The van der Waals surface area contributed by atoms with Crippen molar-refractivity contribution in [3.8, 4) is 0 Å². The maximum absolute atomic E-state index is 15.0. The number of fused-ring (bicyclic) bond motifs is 7. The van der Waals surface area contributed by atoms with Gasteiger partial charge in [0.15, 0.2) is 18.9 Å². The normalized spacial score (nSPS) is 54.3. The van der Waals surface area contributed by atoms with E-state index in [0.717, 1.165) is 19.3 Å². The van der Waals surface area contributed by atoms with Crippen LogP contribution < -0.4 is 0 Å². The van der Waals surface area contributed by atoms with Crippen LogP contribution in [0.2, 0.25) is 0 Å². The molecule has 76 heavy (non-hydrogen) atoms. The molecule has 0 amide bonds. The summed E-state index contributed by atoms with van der Waals surface area (Å²) in [4.78, 5) is 15.0. The van der Waals surface area contributed by atoms with E-state index in [1.807, 2.05) is 6.92 Å². The molecule has 23 nitrogen and oxygen atoms in total. The van der Waals surface area contributed by atoms with Crippen molar-refractivity contribution in [1.29, 1.82) is 0 Å². The largest absolute Gasteiger partial charge is 0.432 e. The third-order valence-corrected chi connectivity index (χ3v) is 21.2. The minimum atomic E-state index is -1.84. The van der Waals surface area contributed by atoms with Crippen LogP contribution in [0.3, 0.4) is 0 Å². The highest BCUT2D eigenvalue weighted by molar-refractivity contribution is 5.79. The maximum Gasteiger partial charge on any atom is 0.315 e. The van der Waals surface area contributed by atoms with Gasteiger partial charge < -0.3 is 109 Å². The van der Waals surface area contributed by atoms with Crippen molar-refractivity contribution < 1.29 is 114 Å². The molecule has 8 fully saturated rings. The lowest BCUT2D eigenvalue weighted by atomic mass is 9.33.